The Kier molecular flexibility index (Phi) is 9.79. The third-order valence-corrected chi connectivity index (χ3v) is 11.3. The van der Waals surface area contributed by atoms with Crippen LogP contribution < -0.4 is 9.64 Å². The van der Waals surface area contributed by atoms with Gasteiger partial charge in [-0.15, -0.1) is 0 Å². The van der Waals surface area contributed by atoms with Gasteiger partial charge in [0.2, 0.25) is 0 Å². The number of carbonyl (C=O) groups excluding carboxylic acids is 1. The van der Waals surface area contributed by atoms with Crippen LogP contribution in [-0.2, 0) is 6.42 Å². The van der Waals surface area contributed by atoms with Crippen LogP contribution in [0.25, 0.3) is 0 Å². The van der Waals surface area contributed by atoms with Crippen LogP contribution in [0.15, 0.2) is 78.4 Å². The molecule has 0 spiro atoms. The maximum atomic E-state index is 14.3. The normalized spacial score (nSPS) is 27.2. The summed E-state index contributed by atoms with van der Waals surface area (Å²) in [5.74, 6) is 0.948. The Hall–Kier alpha value is -3.65. The Bertz CT molecular complexity index is 1590. The molecular formula is C40H50N2O5. The standard InChI is InChI=1S/C40H50N2O5/c1-28-7-6-19-39(2)35(18-20-40(39,46)27-41-21-23-42(24-22-41)36-8-4-5-9-37(36)44)33-17-11-29(25-31(43)14-10-28)26-34(33)38(45)30-12-15-32(47-3)16-13-30/h4-5,7-9,11-13,15-17,26,31,35,43-44,46H,6,10,14,18-25,27H2,1-3H3. The van der Waals surface area contributed by atoms with E-state index in [1.165, 1.54) is 5.57 Å². The van der Waals surface area contributed by atoms with Crippen LogP contribution in [0.5, 0.6) is 11.5 Å². The van der Waals surface area contributed by atoms with Crippen molar-refractivity contribution in [3.63, 3.8) is 0 Å². The average molecular weight is 639 g/mol. The number of ketones is 1. The number of carbonyl (C=O) groups is 1. The van der Waals surface area contributed by atoms with E-state index in [4.69, 9.17) is 4.74 Å². The van der Waals surface area contributed by atoms with Gasteiger partial charge in [0.05, 0.1) is 24.5 Å². The zero-order valence-corrected chi connectivity index (χ0v) is 28.1. The van der Waals surface area contributed by atoms with Gasteiger partial charge in [0.25, 0.3) is 0 Å². The summed E-state index contributed by atoms with van der Waals surface area (Å²) < 4.78 is 5.34. The number of β-amino-alcohol motifs (C(OH)–C–C–N with tert-alkyl or cyclic N) is 1. The van der Waals surface area contributed by atoms with Gasteiger partial charge in [-0.05, 0) is 111 Å². The van der Waals surface area contributed by atoms with Gasteiger partial charge in [0, 0.05) is 49.3 Å². The van der Waals surface area contributed by atoms with Crippen molar-refractivity contribution in [3.8, 4) is 11.5 Å². The Morgan fingerprint density at radius 1 is 0.979 bits per heavy atom. The number of aliphatic hydroxyl groups is 2. The fourth-order valence-corrected chi connectivity index (χ4v) is 8.34. The second-order valence-corrected chi connectivity index (χ2v) is 14.3. The second kappa shape index (κ2) is 13.8. The van der Waals surface area contributed by atoms with E-state index in [1.807, 2.05) is 48.5 Å². The van der Waals surface area contributed by atoms with Crippen LogP contribution in [0.2, 0.25) is 0 Å². The Morgan fingerprint density at radius 2 is 1.72 bits per heavy atom. The molecule has 7 rings (SSSR count). The summed E-state index contributed by atoms with van der Waals surface area (Å²) >= 11 is 0. The molecular weight excluding hydrogens is 588 g/mol. The number of hydrogen-bond acceptors (Lipinski definition) is 7. The van der Waals surface area contributed by atoms with E-state index in [1.54, 1.807) is 13.2 Å². The molecule has 47 heavy (non-hydrogen) atoms. The van der Waals surface area contributed by atoms with E-state index in [0.29, 0.717) is 48.4 Å². The molecule has 0 radical (unpaired) electrons. The molecule has 4 atom stereocenters. The smallest absolute Gasteiger partial charge is 0.193 e. The van der Waals surface area contributed by atoms with Crippen molar-refractivity contribution in [1.82, 2.24) is 4.90 Å². The molecule has 1 saturated heterocycles. The third-order valence-electron chi connectivity index (χ3n) is 11.3. The first-order valence-electron chi connectivity index (χ1n) is 17.2. The van der Waals surface area contributed by atoms with Gasteiger partial charge >= 0.3 is 0 Å². The number of ether oxygens (including phenoxy) is 1. The molecule has 1 saturated carbocycles. The van der Waals surface area contributed by atoms with Crippen molar-refractivity contribution >= 4 is 11.5 Å². The zero-order chi connectivity index (χ0) is 33.2. The minimum Gasteiger partial charge on any atom is -0.506 e. The van der Waals surface area contributed by atoms with Crippen LogP contribution in [0.1, 0.15) is 85.3 Å². The van der Waals surface area contributed by atoms with Crippen molar-refractivity contribution in [2.45, 2.75) is 76.4 Å². The van der Waals surface area contributed by atoms with Crippen molar-refractivity contribution in [1.29, 1.82) is 0 Å². The lowest BCUT2D eigenvalue weighted by Gasteiger charge is -2.47. The summed E-state index contributed by atoms with van der Waals surface area (Å²) in [5.41, 5.74) is 3.92. The van der Waals surface area contributed by atoms with E-state index in [9.17, 15) is 20.1 Å². The minimum absolute atomic E-state index is 0.0112. The van der Waals surface area contributed by atoms with Gasteiger partial charge in [0.15, 0.2) is 5.78 Å². The number of nitrogens with zero attached hydrogens (tertiary/aromatic N) is 2. The molecule has 7 nitrogen and oxygen atoms in total. The number of methoxy groups -OCH3 is 1. The Balaban J connectivity index is 1.33. The van der Waals surface area contributed by atoms with Crippen molar-refractivity contribution < 1.29 is 24.9 Å². The maximum Gasteiger partial charge on any atom is 0.193 e. The van der Waals surface area contributed by atoms with Gasteiger partial charge in [-0.2, -0.15) is 0 Å². The number of benzene rings is 3. The monoisotopic (exact) mass is 638 g/mol. The van der Waals surface area contributed by atoms with E-state index < -0.39 is 17.1 Å². The van der Waals surface area contributed by atoms with Crippen LogP contribution in [-0.4, -0.2) is 77.5 Å². The summed E-state index contributed by atoms with van der Waals surface area (Å²) in [7, 11) is 1.62. The number of phenols is 1. The first-order chi connectivity index (χ1) is 22.6. The first-order valence-corrected chi connectivity index (χ1v) is 17.2. The SMILES string of the molecule is COc1ccc(C(=O)c2cc3ccc2C2CCC(O)(CN4CCN(c5ccccc5O)CC4)C2(C)CCC=C(C)CCC(O)C3)cc1. The number of hydrogen-bond donors (Lipinski definition) is 3. The van der Waals surface area contributed by atoms with Gasteiger partial charge in [0.1, 0.15) is 11.5 Å². The topological polar surface area (TPSA) is 93.5 Å². The molecule has 4 aliphatic rings. The highest BCUT2D eigenvalue weighted by Crippen LogP contribution is 2.59. The number of piperazine rings is 1. The average Bonchev–Trinajstić information content (AvgIpc) is 3.32. The number of fused-ring (bicyclic) bond motifs is 8. The zero-order valence-electron chi connectivity index (χ0n) is 28.1. The van der Waals surface area contributed by atoms with Crippen LogP contribution in [0.3, 0.4) is 0 Å². The van der Waals surface area contributed by atoms with Gasteiger partial charge in [-0.25, -0.2) is 0 Å². The Morgan fingerprint density at radius 3 is 2.45 bits per heavy atom. The number of phenolic OH excluding ortho intramolecular Hbond substituents is 1. The van der Waals surface area contributed by atoms with Crippen molar-refractivity contribution in [2.75, 3.05) is 44.7 Å². The molecule has 3 aromatic rings. The van der Waals surface area contributed by atoms with E-state index >= 15 is 0 Å². The summed E-state index contributed by atoms with van der Waals surface area (Å²) in [5, 5.41) is 34.1. The molecule has 3 aromatic carbocycles. The largest absolute Gasteiger partial charge is 0.506 e. The quantitative estimate of drug-likeness (QED) is 0.210. The van der Waals surface area contributed by atoms with Crippen LogP contribution in [0, 0.1) is 5.41 Å². The number of rotatable bonds is 6. The summed E-state index contributed by atoms with van der Waals surface area (Å²) in [4.78, 5) is 18.9. The molecule has 1 aliphatic heterocycles. The number of anilines is 1. The van der Waals surface area contributed by atoms with Crippen LogP contribution >= 0.6 is 0 Å². The molecule has 3 N–H and O–H groups in total. The van der Waals surface area contributed by atoms with Gasteiger partial charge in [-0.3, -0.25) is 9.69 Å². The number of allylic oxidation sites excluding steroid dienone is 2. The third kappa shape index (κ3) is 6.85. The molecule has 250 valence electrons. The molecule has 3 aliphatic carbocycles. The molecule has 2 fully saturated rings. The predicted molar refractivity (Wildman–Crippen MR) is 187 cm³/mol. The summed E-state index contributed by atoms with van der Waals surface area (Å²) in [6, 6.07) is 20.9. The molecule has 0 aromatic heterocycles. The van der Waals surface area contributed by atoms with Gasteiger partial charge in [-0.1, -0.05) is 42.8 Å². The lowest BCUT2D eigenvalue weighted by Crippen LogP contribution is -2.56. The second-order valence-electron chi connectivity index (χ2n) is 14.3. The predicted octanol–water partition coefficient (Wildman–Crippen LogP) is 6.49. The summed E-state index contributed by atoms with van der Waals surface area (Å²) in [6.45, 7) is 8.12. The minimum atomic E-state index is -0.942. The van der Waals surface area contributed by atoms with E-state index in [-0.39, 0.29) is 11.7 Å². The highest BCUT2D eigenvalue weighted by atomic mass is 16.5. The lowest BCUT2D eigenvalue weighted by atomic mass is 9.64. The fourth-order valence-electron chi connectivity index (χ4n) is 8.34. The first kappa shape index (κ1) is 33.3. The van der Waals surface area contributed by atoms with Gasteiger partial charge < -0.3 is 25.0 Å². The molecule has 1 heterocycles. The van der Waals surface area contributed by atoms with Crippen molar-refractivity contribution in [3.05, 3.63) is 101 Å². The summed E-state index contributed by atoms with van der Waals surface area (Å²) in [6.07, 6.45) is 6.87. The molecule has 7 heteroatoms. The van der Waals surface area contributed by atoms with Crippen molar-refractivity contribution in [2.24, 2.45) is 5.41 Å². The maximum absolute atomic E-state index is 14.3. The highest BCUT2D eigenvalue weighted by molar-refractivity contribution is 6.10. The number of aromatic hydroxyl groups is 1. The van der Waals surface area contributed by atoms with E-state index in [2.05, 4.69) is 41.9 Å². The Labute approximate surface area is 279 Å². The van der Waals surface area contributed by atoms with E-state index in [0.717, 1.165) is 68.7 Å². The highest BCUT2D eigenvalue weighted by Gasteiger charge is 2.57. The molecule has 0 amide bonds. The lowest BCUT2D eigenvalue weighted by molar-refractivity contribution is -0.0841. The number of aliphatic hydroxyl groups excluding tert-OH is 1. The number of para-hydroxylation sites is 2. The fraction of sp³-hybridized carbons (Fsp3) is 0.475. The molecule has 2 bridgehead atoms. The molecule has 4 unspecified atom stereocenters. The van der Waals surface area contributed by atoms with Crippen LogP contribution in [0.4, 0.5) is 5.69 Å².